The Morgan fingerprint density at radius 3 is 2.46 bits per heavy atom. The summed E-state index contributed by atoms with van der Waals surface area (Å²) in [5, 5.41) is 17.6. The Balaban J connectivity index is 1.37. The fourth-order valence-electron chi connectivity index (χ4n) is 3.55. The Bertz CT molecular complexity index is 1380. The van der Waals surface area contributed by atoms with Gasteiger partial charge in [-0.05, 0) is 37.1 Å². The molecule has 0 radical (unpaired) electrons. The molecular weight excluding hydrogens is 572 g/mol. The minimum absolute atomic E-state index is 0.0864. The van der Waals surface area contributed by atoms with E-state index in [1.807, 2.05) is 86.3 Å². The lowest BCUT2D eigenvalue weighted by atomic mass is 10.0. The van der Waals surface area contributed by atoms with Crippen molar-refractivity contribution in [1.29, 1.82) is 0 Å². The molecule has 0 aliphatic carbocycles. The van der Waals surface area contributed by atoms with Gasteiger partial charge < -0.3 is 15.2 Å². The molecular formula is C26H27BrN6O2S2. The van der Waals surface area contributed by atoms with Gasteiger partial charge in [-0.15, -0.1) is 21.5 Å². The van der Waals surface area contributed by atoms with Crippen LogP contribution in [0.15, 0.2) is 63.5 Å². The van der Waals surface area contributed by atoms with Gasteiger partial charge in [-0.2, -0.15) is 0 Å². The molecule has 1 atom stereocenters. The van der Waals surface area contributed by atoms with E-state index in [-0.39, 0.29) is 29.5 Å². The molecule has 2 aromatic heterocycles. The van der Waals surface area contributed by atoms with Gasteiger partial charge in [-0.3, -0.25) is 9.59 Å². The number of nitrogens with zero attached hydrogens (tertiary/aromatic N) is 4. The van der Waals surface area contributed by atoms with Crippen molar-refractivity contribution in [2.75, 3.05) is 11.1 Å². The number of thioether (sulfide) groups is 1. The summed E-state index contributed by atoms with van der Waals surface area (Å²) in [5.41, 5.74) is 3.48. The molecule has 2 aromatic carbocycles. The van der Waals surface area contributed by atoms with Gasteiger partial charge in [0, 0.05) is 28.0 Å². The van der Waals surface area contributed by atoms with E-state index < -0.39 is 0 Å². The molecule has 2 amide bonds. The normalized spacial score (nSPS) is 11.9. The second-order valence-electron chi connectivity index (χ2n) is 8.84. The van der Waals surface area contributed by atoms with Gasteiger partial charge in [0.15, 0.2) is 16.1 Å². The number of thiazole rings is 1. The molecule has 0 spiro atoms. The van der Waals surface area contributed by atoms with Crippen LogP contribution in [0.1, 0.15) is 41.6 Å². The maximum Gasteiger partial charge on any atom is 0.251 e. The molecule has 8 nitrogen and oxygen atoms in total. The first-order chi connectivity index (χ1) is 17.7. The number of halogens is 1. The molecule has 0 fully saturated rings. The molecule has 37 heavy (non-hydrogen) atoms. The summed E-state index contributed by atoms with van der Waals surface area (Å²) in [6, 6.07) is 15.0. The molecule has 11 heteroatoms. The van der Waals surface area contributed by atoms with Crippen molar-refractivity contribution >= 4 is 56.0 Å². The Morgan fingerprint density at radius 1 is 1.08 bits per heavy atom. The average Bonchev–Trinajstić information content (AvgIpc) is 3.48. The molecule has 0 unspecified atom stereocenters. The van der Waals surface area contributed by atoms with E-state index in [1.165, 1.54) is 23.1 Å². The van der Waals surface area contributed by atoms with Gasteiger partial charge in [0.1, 0.15) is 0 Å². The standard InChI is InChI=1S/C26H27BrN6O2S2/c1-15(2)22(30-24(35)18-7-5-16(3)6-8-18)23-31-32-26(33(23)4)37-14-21(34)29-25-28-20(13-36-25)17-9-11-19(27)12-10-17/h5-13,15,22H,14H2,1-4H3,(H,30,35)(H,28,29,34)/t22-/m1/s1. The molecule has 192 valence electrons. The zero-order valence-electron chi connectivity index (χ0n) is 20.9. The van der Waals surface area contributed by atoms with Crippen LogP contribution in [0.5, 0.6) is 0 Å². The van der Waals surface area contributed by atoms with Crippen molar-refractivity contribution in [2.45, 2.75) is 32.0 Å². The number of anilines is 1. The van der Waals surface area contributed by atoms with Crippen LogP contribution in [-0.2, 0) is 11.8 Å². The summed E-state index contributed by atoms with van der Waals surface area (Å²) in [6.07, 6.45) is 0. The van der Waals surface area contributed by atoms with Crippen LogP contribution >= 0.6 is 39.0 Å². The number of nitrogens with one attached hydrogen (secondary N) is 2. The highest BCUT2D eigenvalue weighted by Crippen LogP contribution is 2.27. The minimum Gasteiger partial charge on any atom is -0.342 e. The van der Waals surface area contributed by atoms with Crippen molar-refractivity contribution in [1.82, 2.24) is 25.1 Å². The molecule has 0 aliphatic heterocycles. The number of aryl methyl sites for hydroxylation is 1. The van der Waals surface area contributed by atoms with Gasteiger partial charge in [0.25, 0.3) is 5.91 Å². The Labute approximate surface area is 232 Å². The first kappa shape index (κ1) is 27.0. The molecule has 0 aliphatic rings. The van der Waals surface area contributed by atoms with Crippen LogP contribution in [0.25, 0.3) is 11.3 Å². The third-order valence-electron chi connectivity index (χ3n) is 5.64. The Morgan fingerprint density at radius 2 is 1.78 bits per heavy atom. The van der Waals surface area contributed by atoms with Crippen LogP contribution in [0.3, 0.4) is 0 Å². The average molecular weight is 600 g/mol. The van der Waals surface area contributed by atoms with Gasteiger partial charge in [0.2, 0.25) is 5.91 Å². The first-order valence-electron chi connectivity index (χ1n) is 11.6. The number of carbonyl (C=O) groups is 2. The number of aromatic nitrogens is 4. The molecule has 4 rings (SSSR count). The van der Waals surface area contributed by atoms with E-state index in [1.54, 1.807) is 0 Å². The smallest absolute Gasteiger partial charge is 0.251 e. The monoisotopic (exact) mass is 598 g/mol. The Hall–Kier alpha value is -3.02. The lowest BCUT2D eigenvalue weighted by Crippen LogP contribution is -2.33. The number of hydrogen-bond donors (Lipinski definition) is 2. The summed E-state index contributed by atoms with van der Waals surface area (Å²) < 4.78 is 2.82. The van der Waals surface area contributed by atoms with Crippen molar-refractivity contribution in [3.05, 3.63) is 75.3 Å². The molecule has 0 bridgehead atoms. The van der Waals surface area contributed by atoms with Gasteiger partial charge in [0.05, 0.1) is 17.5 Å². The number of rotatable bonds is 9. The second kappa shape index (κ2) is 12.0. The summed E-state index contributed by atoms with van der Waals surface area (Å²) in [4.78, 5) is 29.9. The molecule has 4 aromatic rings. The zero-order chi connectivity index (χ0) is 26.5. The van der Waals surface area contributed by atoms with Crippen molar-refractivity contribution in [3.63, 3.8) is 0 Å². The predicted molar refractivity (Wildman–Crippen MR) is 152 cm³/mol. The summed E-state index contributed by atoms with van der Waals surface area (Å²) in [6.45, 7) is 6.02. The maximum absolute atomic E-state index is 12.8. The maximum atomic E-state index is 12.8. The second-order valence-corrected chi connectivity index (χ2v) is 11.6. The van der Waals surface area contributed by atoms with Crippen LogP contribution < -0.4 is 10.6 Å². The van der Waals surface area contributed by atoms with Gasteiger partial charge >= 0.3 is 0 Å². The molecule has 0 saturated heterocycles. The quantitative estimate of drug-likeness (QED) is 0.234. The Kier molecular flexibility index (Phi) is 8.78. The topological polar surface area (TPSA) is 102 Å². The molecule has 0 saturated carbocycles. The molecule has 2 N–H and O–H groups in total. The number of carbonyl (C=O) groups excluding carboxylic acids is 2. The number of hydrogen-bond acceptors (Lipinski definition) is 7. The van der Waals surface area contributed by atoms with Gasteiger partial charge in [-0.1, -0.05) is 71.4 Å². The SMILES string of the molecule is Cc1ccc(C(=O)N[C@@H](c2nnc(SCC(=O)Nc3nc(-c4ccc(Br)cc4)cs3)n2C)C(C)C)cc1. The fraction of sp³-hybridized carbons (Fsp3) is 0.269. The highest BCUT2D eigenvalue weighted by molar-refractivity contribution is 9.10. The van der Waals surface area contributed by atoms with E-state index >= 15 is 0 Å². The van der Waals surface area contributed by atoms with E-state index in [9.17, 15) is 9.59 Å². The summed E-state index contributed by atoms with van der Waals surface area (Å²) in [5.74, 6) is 0.530. The van der Waals surface area contributed by atoms with Crippen molar-refractivity contribution in [3.8, 4) is 11.3 Å². The lowest BCUT2D eigenvalue weighted by Gasteiger charge is -2.21. The van der Waals surface area contributed by atoms with E-state index in [0.29, 0.717) is 21.7 Å². The molecule has 2 heterocycles. The highest BCUT2D eigenvalue weighted by Gasteiger charge is 2.25. The van der Waals surface area contributed by atoms with E-state index in [2.05, 4.69) is 41.7 Å². The zero-order valence-corrected chi connectivity index (χ0v) is 24.1. The first-order valence-corrected chi connectivity index (χ1v) is 14.3. The summed E-state index contributed by atoms with van der Waals surface area (Å²) >= 11 is 6.09. The third-order valence-corrected chi connectivity index (χ3v) is 7.94. The van der Waals surface area contributed by atoms with Gasteiger partial charge in [-0.25, -0.2) is 4.98 Å². The van der Waals surface area contributed by atoms with Crippen molar-refractivity contribution < 1.29 is 9.59 Å². The summed E-state index contributed by atoms with van der Waals surface area (Å²) in [7, 11) is 1.84. The van der Waals surface area contributed by atoms with Crippen LogP contribution in [0.4, 0.5) is 5.13 Å². The largest absolute Gasteiger partial charge is 0.342 e. The van der Waals surface area contributed by atoms with E-state index in [4.69, 9.17) is 0 Å². The van der Waals surface area contributed by atoms with Crippen LogP contribution in [0, 0.1) is 12.8 Å². The predicted octanol–water partition coefficient (Wildman–Crippen LogP) is 5.87. The number of amides is 2. The minimum atomic E-state index is -0.332. The van der Waals surface area contributed by atoms with Crippen LogP contribution in [0.2, 0.25) is 0 Å². The van der Waals surface area contributed by atoms with E-state index in [0.717, 1.165) is 21.3 Å². The fourth-order valence-corrected chi connectivity index (χ4v) is 5.27. The van der Waals surface area contributed by atoms with Crippen molar-refractivity contribution in [2.24, 2.45) is 13.0 Å². The third kappa shape index (κ3) is 6.85. The highest BCUT2D eigenvalue weighted by atomic mass is 79.9. The lowest BCUT2D eigenvalue weighted by molar-refractivity contribution is -0.113. The van der Waals surface area contributed by atoms with Crippen LogP contribution in [-0.4, -0.2) is 37.3 Å². The number of benzene rings is 2.